The number of hydrogen-bond donors (Lipinski definition) is 1. The van der Waals surface area contributed by atoms with E-state index in [1.165, 1.54) is 37.9 Å². The molecule has 2 saturated heterocycles. The Labute approximate surface area is 127 Å². The average molecular weight is 286 g/mol. The van der Waals surface area contributed by atoms with Crippen molar-refractivity contribution in [2.45, 2.75) is 32.6 Å². The van der Waals surface area contributed by atoms with Crippen LogP contribution in [0.2, 0.25) is 0 Å². The summed E-state index contributed by atoms with van der Waals surface area (Å²) in [5, 5.41) is 3.46. The molecule has 3 rings (SSSR count). The van der Waals surface area contributed by atoms with E-state index in [4.69, 9.17) is 0 Å². The maximum Gasteiger partial charge on any atom is 0.253 e. The first-order valence-corrected chi connectivity index (χ1v) is 8.37. The van der Waals surface area contributed by atoms with Crippen LogP contribution in [-0.4, -0.2) is 37.0 Å². The molecular weight excluding hydrogens is 260 g/mol. The van der Waals surface area contributed by atoms with Gasteiger partial charge in [-0.05, 0) is 68.3 Å². The van der Waals surface area contributed by atoms with Crippen LogP contribution in [0, 0.1) is 11.8 Å². The topological polar surface area (TPSA) is 32.3 Å². The van der Waals surface area contributed by atoms with Gasteiger partial charge in [-0.3, -0.25) is 4.79 Å². The average Bonchev–Trinajstić information content (AvgIpc) is 3.09. The van der Waals surface area contributed by atoms with Crippen LogP contribution in [0.4, 0.5) is 0 Å². The predicted octanol–water partition coefficient (Wildman–Crippen LogP) is 2.71. The molecule has 114 valence electrons. The number of amides is 1. The van der Waals surface area contributed by atoms with E-state index in [-0.39, 0.29) is 5.91 Å². The van der Waals surface area contributed by atoms with Gasteiger partial charge >= 0.3 is 0 Å². The molecule has 1 unspecified atom stereocenters. The summed E-state index contributed by atoms with van der Waals surface area (Å²) >= 11 is 0. The largest absolute Gasteiger partial charge is 0.339 e. The lowest BCUT2D eigenvalue weighted by molar-refractivity contribution is 0.0663. The summed E-state index contributed by atoms with van der Waals surface area (Å²) in [6, 6.07) is 8.11. The number of likely N-dealkylation sites (tertiary alicyclic amines) is 1. The van der Waals surface area contributed by atoms with Gasteiger partial charge in [0.2, 0.25) is 0 Å². The van der Waals surface area contributed by atoms with E-state index in [1.54, 1.807) is 0 Å². The number of benzene rings is 1. The van der Waals surface area contributed by atoms with Gasteiger partial charge in [0.05, 0.1) is 0 Å². The van der Waals surface area contributed by atoms with Crippen LogP contribution in [0.3, 0.4) is 0 Å². The monoisotopic (exact) mass is 286 g/mol. The Kier molecular flexibility index (Phi) is 4.59. The van der Waals surface area contributed by atoms with Crippen LogP contribution in [0.15, 0.2) is 24.3 Å². The van der Waals surface area contributed by atoms with Crippen LogP contribution < -0.4 is 5.32 Å². The van der Waals surface area contributed by atoms with Crippen LogP contribution in [0.5, 0.6) is 0 Å². The van der Waals surface area contributed by atoms with E-state index in [0.717, 1.165) is 36.9 Å². The molecule has 0 bridgehead atoms. The smallest absolute Gasteiger partial charge is 0.253 e. The van der Waals surface area contributed by atoms with Gasteiger partial charge in [0, 0.05) is 18.7 Å². The molecule has 3 nitrogen and oxygen atoms in total. The predicted molar refractivity (Wildman–Crippen MR) is 85.4 cm³/mol. The highest BCUT2D eigenvalue weighted by atomic mass is 16.2. The first-order chi connectivity index (χ1) is 10.3. The van der Waals surface area contributed by atoms with Crippen LogP contribution >= 0.6 is 0 Å². The molecule has 0 aromatic heterocycles. The van der Waals surface area contributed by atoms with Gasteiger partial charge in [-0.15, -0.1) is 0 Å². The van der Waals surface area contributed by atoms with E-state index in [9.17, 15) is 4.79 Å². The summed E-state index contributed by atoms with van der Waals surface area (Å²) in [7, 11) is 0. The van der Waals surface area contributed by atoms with Crippen molar-refractivity contribution in [1.82, 2.24) is 10.2 Å². The summed E-state index contributed by atoms with van der Waals surface area (Å²) < 4.78 is 0. The lowest BCUT2D eigenvalue weighted by atomic mass is 9.83. The lowest BCUT2D eigenvalue weighted by Gasteiger charge is -2.34. The van der Waals surface area contributed by atoms with E-state index >= 15 is 0 Å². The molecule has 0 radical (unpaired) electrons. The standard InChI is InChI=1S/C18H26N2O/c1-2-14-3-5-16(6-4-14)18(21)20-11-8-15(9-12-20)17-7-10-19-13-17/h3-6,15,17,19H,2,7-13H2,1H3. The molecule has 3 heteroatoms. The summed E-state index contributed by atoms with van der Waals surface area (Å²) in [6.45, 7) is 6.34. The summed E-state index contributed by atoms with van der Waals surface area (Å²) in [4.78, 5) is 14.6. The number of carbonyl (C=O) groups excluding carboxylic acids is 1. The molecule has 0 aliphatic carbocycles. The van der Waals surface area contributed by atoms with E-state index in [1.807, 2.05) is 17.0 Å². The second-order valence-corrected chi connectivity index (χ2v) is 6.43. The molecule has 1 N–H and O–H groups in total. The van der Waals surface area contributed by atoms with Crippen molar-refractivity contribution in [3.05, 3.63) is 35.4 Å². The van der Waals surface area contributed by atoms with Gasteiger partial charge in [0.1, 0.15) is 0 Å². The van der Waals surface area contributed by atoms with E-state index in [0.29, 0.717) is 0 Å². The van der Waals surface area contributed by atoms with Crippen LogP contribution in [0.25, 0.3) is 0 Å². The number of rotatable bonds is 3. The maximum atomic E-state index is 12.5. The fourth-order valence-electron chi connectivity index (χ4n) is 3.72. The Morgan fingerprint density at radius 1 is 1.14 bits per heavy atom. The first kappa shape index (κ1) is 14.6. The molecule has 21 heavy (non-hydrogen) atoms. The Morgan fingerprint density at radius 3 is 2.43 bits per heavy atom. The second-order valence-electron chi connectivity index (χ2n) is 6.43. The lowest BCUT2D eigenvalue weighted by Crippen LogP contribution is -2.40. The summed E-state index contributed by atoms with van der Waals surface area (Å²) in [5.41, 5.74) is 2.13. The third kappa shape index (κ3) is 3.29. The minimum atomic E-state index is 0.209. The minimum Gasteiger partial charge on any atom is -0.339 e. The van der Waals surface area contributed by atoms with Crippen molar-refractivity contribution in [1.29, 1.82) is 0 Å². The molecule has 2 fully saturated rings. The van der Waals surface area contributed by atoms with Crippen molar-refractivity contribution in [2.24, 2.45) is 11.8 Å². The van der Waals surface area contributed by atoms with Gasteiger partial charge in [-0.25, -0.2) is 0 Å². The Balaban J connectivity index is 1.56. The Bertz CT molecular complexity index is 468. The molecule has 1 atom stereocenters. The SMILES string of the molecule is CCc1ccc(C(=O)N2CCC(C3CCNC3)CC2)cc1. The molecule has 2 heterocycles. The van der Waals surface area contributed by atoms with Crippen molar-refractivity contribution >= 4 is 5.91 Å². The Hall–Kier alpha value is -1.35. The minimum absolute atomic E-state index is 0.209. The second kappa shape index (κ2) is 6.61. The van der Waals surface area contributed by atoms with Crippen molar-refractivity contribution in [2.75, 3.05) is 26.2 Å². The van der Waals surface area contributed by atoms with Gasteiger partial charge < -0.3 is 10.2 Å². The molecule has 0 saturated carbocycles. The molecule has 2 aliphatic heterocycles. The molecule has 1 amide bonds. The normalized spacial score (nSPS) is 23.5. The highest BCUT2D eigenvalue weighted by Gasteiger charge is 2.30. The summed E-state index contributed by atoms with van der Waals surface area (Å²) in [6.07, 6.45) is 4.68. The van der Waals surface area contributed by atoms with Crippen molar-refractivity contribution < 1.29 is 4.79 Å². The number of hydrogen-bond acceptors (Lipinski definition) is 2. The molecule has 2 aliphatic rings. The zero-order valence-electron chi connectivity index (χ0n) is 13.0. The third-order valence-electron chi connectivity index (χ3n) is 5.20. The fourth-order valence-corrected chi connectivity index (χ4v) is 3.72. The zero-order valence-corrected chi connectivity index (χ0v) is 13.0. The first-order valence-electron chi connectivity index (χ1n) is 8.37. The molecule has 1 aromatic rings. The zero-order chi connectivity index (χ0) is 14.7. The molecular formula is C18H26N2O. The molecule has 0 spiro atoms. The quantitative estimate of drug-likeness (QED) is 0.926. The number of aryl methyl sites for hydroxylation is 1. The number of nitrogens with zero attached hydrogens (tertiary/aromatic N) is 1. The number of carbonyl (C=O) groups is 1. The van der Waals surface area contributed by atoms with Crippen molar-refractivity contribution in [3.63, 3.8) is 0 Å². The highest BCUT2D eigenvalue weighted by molar-refractivity contribution is 5.94. The maximum absolute atomic E-state index is 12.5. The van der Waals surface area contributed by atoms with Crippen molar-refractivity contribution in [3.8, 4) is 0 Å². The Morgan fingerprint density at radius 2 is 1.86 bits per heavy atom. The van der Waals surface area contributed by atoms with Gasteiger partial charge in [0.25, 0.3) is 5.91 Å². The number of nitrogens with one attached hydrogen (secondary N) is 1. The number of piperidine rings is 1. The van der Waals surface area contributed by atoms with Crippen LogP contribution in [0.1, 0.15) is 42.1 Å². The van der Waals surface area contributed by atoms with Crippen LogP contribution in [-0.2, 0) is 6.42 Å². The highest BCUT2D eigenvalue weighted by Crippen LogP contribution is 2.29. The van der Waals surface area contributed by atoms with Gasteiger partial charge in [0.15, 0.2) is 0 Å². The summed E-state index contributed by atoms with van der Waals surface area (Å²) in [5.74, 6) is 1.86. The third-order valence-corrected chi connectivity index (χ3v) is 5.20. The molecule has 1 aromatic carbocycles. The van der Waals surface area contributed by atoms with Gasteiger partial charge in [-0.1, -0.05) is 19.1 Å². The van der Waals surface area contributed by atoms with E-state index < -0.39 is 0 Å². The van der Waals surface area contributed by atoms with E-state index in [2.05, 4.69) is 24.4 Å². The fraction of sp³-hybridized carbons (Fsp3) is 0.611. The van der Waals surface area contributed by atoms with Gasteiger partial charge in [-0.2, -0.15) is 0 Å².